The molecule has 1 amide bonds. The van der Waals surface area contributed by atoms with E-state index in [0.29, 0.717) is 35.7 Å². The minimum atomic E-state index is -0.697. The third-order valence-electron chi connectivity index (χ3n) is 4.78. The first-order chi connectivity index (χ1) is 13.4. The van der Waals surface area contributed by atoms with Crippen molar-refractivity contribution >= 4 is 29.1 Å². The standard InChI is InChI=1S/C22H22ClNO4/c1-14-7-9-15(10-8-14)20(25)18-19(16-5-3-6-17(23)13-16)24(11-4-12-28-2)22(27)21(18)26/h3,5-10,13,19,25H,4,11-12H2,1-2H3/t19-/m1/s1. The average Bonchev–Trinajstić information content (AvgIpc) is 2.93. The smallest absolute Gasteiger partial charge is 0.295 e. The summed E-state index contributed by atoms with van der Waals surface area (Å²) in [7, 11) is 1.58. The van der Waals surface area contributed by atoms with Crippen LogP contribution in [0.5, 0.6) is 0 Å². The molecule has 0 aromatic heterocycles. The van der Waals surface area contributed by atoms with E-state index in [1.165, 1.54) is 4.90 Å². The molecule has 0 aliphatic carbocycles. The molecule has 6 heteroatoms. The number of ether oxygens (including phenoxy) is 1. The Morgan fingerprint density at radius 2 is 1.89 bits per heavy atom. The van der Waals surface area contributed by atoms with Crippen molar-refractivity contribution in [3.05, 3.63) is 75.8 Å². The van der Waals surface area contributed by atoms with Gasteiger partial charge in [-0.1, -0.05) is 53.6 Å². The molecule has 1 atom stereocenters. The molecule has 0 saturated carbocycles. The second-order valence-corrected chi connectivity index (χ2v) is 7.20. The Morgan fingerprint density at radius 1 is 1.18 bits per heavy atom. The van der Waals surface area contributed by atoms with Gasteiger partial charge in [0.1, 0.15) is 5.76 Å². The van der Waals surface area contributed by atoms with Crippen molar-refractivity contribution in [1.82, 2.24) is 4.90 Å². The first-order valence-electron chi connectivity index (χ1n) is 9.04. The highest BCUT2D eigenvalue weighted by atomic mass is 35.5. The Morgan fingerprint density at radius 3 is 2.54 bits per heavy atom. The Hall–Kier alpha value is -2.63. The number of carbonyl (C=O) groups is 2. The Bertz CT molecular complexity index is 920. The van der Waals surface area contributed by atoms with Crippen LogP contribution in [0.25, 0.3) is 5.76 Å². The van der Waals surface area contributed by atoms with Crippen LogP contribution in [0.1, 0.15) is 29.2 Å². The molecule has 1 N–H and O–H groups in total. The van der Waals surface area contributed by atoms with Crippen LogP contribution in [0.15, 0.2) is 54.1 Å². The molecule has 2 aromatic carbocycles. The lowest BCUT2D eigenvalue weighted by atomic mass is 9.95. The average molecular weight is 400 g/mol. The predicted molar refractivity (Wildman–Crippen MR) is 108 cm³/mol. The summed E-state index contributed by atoms with van der Waals surface area (Å²) in [6, 6.07) is 13.5. The fraction of sp³-hybridized carbons (Fsp3) is 0.273. The van der Waals surface area contributed by atoms with Crippen molar-refractivity contribution in [2.45, 2.75) is 19.4 Å². The van der Waals surface area contributed by atoms with E-state index in [4.69, 9.17) is 16.3 Å². The zero-order valence-electron chi connectivity index (χ0n) is 15.8. The lowest BCUT2D eigenvalue weighted by molar-refractivity contribution is -0.140. The number of methoxy groups -OCH3 is 1. The fourth-order valence-electron chi connectivity index (χ4n) is 3.38. The number of hydrogen-bond donors (Lipinski definition) is 1. The molecule has 0 unspecified atom stereocenters. The summed E-state index contributed by atoms with van der Waals surface area (Å²) in [5, 5.41) is 11.4. The van der Waals surface area contributed by atoms with E-state index in [0.717, 1.165) is 5.56 Å². The molecule has 146 valence electrons. The molecule has 0 spiro atoms. The quantitative estimate of drug-likeness (QED) is 0.343. The summed E-state index contributed by atoms with van der Waals surface area (Å²) < 4.78 is 5.07. The second kappa shape index (κ2) is 8.59. The van der Waals surface area contributed by atoms with Gasteiger partial charge in [0.2, 0.25) is 0 Å². The number of carbonyl (C=O) groups excluding carboxylic acids is 2. The van der Waals surface area contributed by atoms with Crippen LogP contribution in [0.3, 0.4) is 0 Å². The number of ketones is 1. The molecule has 1 saturated heterocycles. The van der Waals surface area contributed by atoms with E-state index in [9.17, 15) is 14.7 Å². The lowest BCUT2D eigenvalue weighted by Gasteiger charge is -2.25. The van der Waals surface area contributed by atoms with E-state index in [-0.39, 0.29) is 11.3 Å². The van der Waals surface area contributed by atoms with Gasteiger partial charge in [-0.2, -0.15) is 0 Å². The monoisotopic (exact) mass is 399 g/mol. The van der Waals surface area contributed by atoms with Gasteiger partial charge in [-0.05, 0) is 31.0 Å². The molecule has 1 fully saturated rings. The van der Waals surface area contributed by atoms with Crippen molar-refractivity contribution < 1.29 is 19.4 Å². The first-order valence-corrected chi connectivity index (χ1v) is 9.41. The minimum absolute atomic E-state index is 0.0773. The van der Waals surface area contributed by atoms with Crippen molar-refractivity contribution in [2.75, 3.05) is 20.3 Å². The Kier molecular flexibility index (Phi) is 6.17. The first kappa shape index (κ1) is 20.1. The van der Waals surface area contributed by atoms with E-state index in [2.05, 4.69) is 0 Å². The van der Waals surface area contributed by atoms with Crippen molar-refractivity contribution in [3.8, 4) is 0 Å². The maximum atomic E-state index is 12.8. The lowest BCUT2D eigenvalue weighted by Crippen LogP contribution is -2.31. The van der Waals surface area contributed by atoms with Gasteiger partial charge in [-0.25, -0.2) is 0 Å². The van der Waals surface area contributed by atoms with Crippen LogP contribution in [-0.2, 0) is 14.3 Å². The molecule has 0 bridgehead atoms. The zero-order chi connectivity index (χ0) is 20.3. The third-order valence-corrected chi connectivity index (χ3v) is 5.01. The molecule has 1 heterocycles. The van der Waals surface area contributed by atoms with Crippen LogP contribution in [0.2, 0.25) is 5.02 Å². The molecule has 5 nitrogen and oxygen atoms in total. The number of rotatable bonds is 6. The molecule has 28 heavy (non-hydrogen) atoms. The highest BCUT2D eigenvalue weighted by Gasteiger charge is 2.45. The van der Waals surface area contributed by atoms with Gasteiger partial charge in [-0.15, -0.1) is 0 Å². The molecular weight excluding hydrogens is 378 g/mol. The van der Waals surface area contributed by atoms with Gasteiger partial charge in [0.15, 0.2) is 0 Å². The van der Waals surface area contributed by atoms with Gasteiger partial charge in [0, 0.05) is 30.8 Å². The molecular formula is C22H22ClNO4. The predicted octanol–water partition coefficient (Wildman–Crippen LogP) is 4.11. The van der Waals surface area contributed by atoms with Gasteiger partial charge < -0.3 is 14.7 Å². The molecule has 3 rings (SSSR count). The van der Waals surface area contributed by atoms with Crippen LogP contribution in [0, 0.1) is 6.92 Å². The number of aliphatic hydroxyl groups excluding tert-OH is 1. The number of aliphatic hydroxyl groups is 1. The number of benzene rings is 2. The summed E-state index contributed by atoms with van der Waals surface area (Å²) in [5.41, 5.74) is 2.28. The number of halogens is 1. The number of aryl methyl sites for hydroxylation is 1. The number of hydrogen-bond acceptors (Lipinski definition) is 4. The minimum Gasteiger partial charge on any atom is -0.507 e. The second-order valence-electron chi connectivity index (χ2n) is 6.76. The van der Waals surface area contributed by atoms with Gasteiger partial charge in [-0.3, -0.25) is 9.59 Å². The third kappa shape index (κ3) is 3.96. The topological polar surface area (TPSA) is 66.8 Å². The van der Waals surface area contributed by atoms with Gasteiger partial charge in [0.25, 0.3) is 11.7 Å². The summed E-state index contributed by atoms with van der Waals surface area (Å²) in [6.07, 6.45) is 0.575. The van der Waals surface area contributed by atoms with Crippen LogP contribution >= 0.6 is 11.6 Å². The molecule has 1 aliphatic rings. The number of amides is 1. The summed E-state index contributed by atoms with van der Waals surface area (Å²) >= 11 is 6.15. The zero-order valence-corrected chi connectivity index (χ0v) is 16.6. The van der Waals surface area contributed by atoms with E-state index in [1.54, 1.807) is 43.5 Å². The normalized spacial score (nSPS) is 18.7. The summed E-state index contributed by atoms with van der Waals surface area (Å²) in [6.45, 7) is 2.73. The summed E-state index contributed by atoms with van der Waals surface area (Å²) in [5.74, 6) is -1.51. The molecule has 0 radical (unpaired) electrons. The van der Waals surface area contributed by atoms with Gasteiger partial charge in [0.05, 0.1) is 11.6 Å². The Labute approximate surface area is 169 Å². The van der Waals surface area contributed by atoms with Crippen molar-refractivity contribution in [3.63, 3.8) is 0 Å². The van der Waals surface area contributed by atoms with Crippen LogP contribution in [0.4, 0.5) is 0 Å². The molecule has 2 aromatic rings. The molecule has 1 aliphatic heterocycles. The van der Waals surface area contributed by atoms with E-state index >= 15 is 0 Å². The number of Topliss-reactive ketones (excluding diaryl/α,β-unsaturated/α-hetero) is 1. The highest BCUT2D eigenvalue weighted by molar-refractivity contribution is 6.46. The maximum Gasteiger partial charge on any atom is 0.295 e. The van der Waals surface area contributed by atoms with Crippen LogP contribution < -0.4 is 0 Å². The van der Waals surface area contributed by atoms with Crippen LogP contribution in [-0.4, -0.2) is 42.0 Å². The number of nitrogens with zero attached hydrogens (tertiary/aromatic N) is 1. The van der Waals surface area contributed by atoms with Gasteiger partial charge >= 0.3 is 0 Å². The SMILES string of the molecule is COCCCN1C(=O)C(=O)C(=C(O)c2ccc(C)cc2)[C@H]1c1cccc(Cl)c1. The van der Waals surface area contributed by atoms with Crippen molar-refractivity contribution in [2.24, 2.45) is 0 Å². The van der Waals surface area contributed by atoms with E-state index in [1.807, 2.05) is 19.1 Å². The largest absolute Gasteiger partial charge is 0.507 e. The Balaban J connectivity index is 2.12. The van der Waals surface area contributed by atoms with E-state index < -0.39 is 17.7 Å². The fourth-order valence-corrected chi connectivity index (χ4v) is 3.58. The number of likely N-dealkylation sites (tertiary alicyclic amines) is 1. The summed E-state index contributed by atoms with van der Waals surface area (Å²) in [4.78, 5) is 27.0. The highest BCUT2D eigenvalue weighted by Crippen LogP contribution is 2.40. The van der Waals surface area contributed by atoms with Crippen molar-refractivity contribution in [1.29, 1.82) is 0 Å². The maximum absolute atomic E-state index is 12.8.